The van der Waals surface area contributed by atoms with E-state index in [0.29, 0.717) is 17.2 Å². The molecule has 5 rings (SSSR count). The van der Waals surface area contributed by atoms with Gasteiger partial charge in [-0.05, 0) is 36.8 Å². The molecule has 2 aromatic carbocycles. The number of amides is 1. The van der Waals surface area contributed by atoms with Crippen molar-refractivity contribution in [3.63, 3.8) is 0 Å². The molecule has 3 aromatic heterocycles. The maximum absolute atomic E-state index is 13.7. The predicted octanol–water partition coefficient (Wildman–Crippen LogP) is 4.74. The number of fused-ring (bicyclic) bond motifs is 2. The summed E-state index contributed by atoms with van der Waals surface area (Å²) in [5.41, 5.74) is 3.94. The van der Waals surface area contributed by atoms with Gasteiger partial charge in [0.05, 0.1) is 35.1 Å². The number of hydrogen-bond donors (Lipinski definition) is 0. The lowest BCUT2D eigenvalue weighted by Gasteiger charge is -2.20. The monoisotopic (exact) mass is 443 g/mol. The Labute approximate surface area is 188 Å². The van der Waals surface area contributed by atoms with Crippen LogP contribution in [-0.2, 0) is 13.6 Å². The van der Waals surface area contributed by atoms with E-state index in [9.17, 15) is 4.79 Å². The Bertz CT molecular complexity index is 1440. The van der Waals surface area contributed by atoms with E-state index >= 15 is 0 Å². The molecule has 0 saturated heterocycles. The van der Waals surface area contributed by atoms with Crippen LogP contribution in [0.1, 0.15) is 21.6 Å². The Balaban J connectivity index is 1.59. The molecule has 0 radical (unpaired) electrons. The number of benzene rings is 2. The third-order valence-electron chi connectivity index (χ3n) is 5.35. The summed E-state index contributed by atoms with van der Waals surface area (Å²) in [4.78, 5) is 24.7. The van der Waals surface area contributed by atoms with Crippen LogP contribution in [0.3, 0.4) is 0 Å². The van der Waals surface area contributed by atoms with E-state index in [1.165, 1.54) is 11.3 Å². The van der Waals surface area contributed by atoms with Gasteiger partial charge >= 0.3 is 0 Å². The van der Waals surface area contributed by atoms with Crippen LogP contribution in [0.5, 0.6) is 5.75 Å². The van der Waals surface area contributed by atoms with Crippen molar-refractivity contribution >= 4 is 43.6 Å². The van der Waals surface area contributed by atoms with Gasteiger partial charge in [0.2, 0.25) is 0 Å². The lowest BCUT2D eigenvalue weighted by molar-refractivity contribution is 0.0985. The molecule has 0 saturated carbocycles. The molecule has 3 heterocycles. The average Bonchev–Trinajstić information content (AvgIpc) is 3.37. The fraction of sp³-hybridized carbons (Fsp3) is 0.167. The zero-order valence-corrected chi connectivity index (χ0v) is 18.8. The van der Waals surface area contributed by atoms with Crippen LogP contribution in [-0.4, -0.2) is 32.8 Å². The Morgan fingerprint density at radius 2 is 1.97 bits per heavy atom. The normalized spacial score (nSPS) is 11.2. The van der Waals surface area contributed by atoms with Crippen LogP contribution in [0.2, 0.25) is 0 Å². The highest BCUT2D eigenvalue weighted by Gasteiger charge is 2.23. The van der Waals surface area contributed by atoms with Crippen molar-refractivity contribution in [3.8, 4) is 5.75 Å². The number of carbonyl (C=O) groups is 1. The number of aromatic nitrogens is 4. The van der Waals surface area contributed by atoms with Crippen molar-refractivity contribution < 1.29 is 9.53 Å². The van der Waals surface area contributed by atoms with Gasteiger partial charge in [0.25, 0.3) is 5.91 Å². The predicted molar refractivity (Wildman–Crippen MR) is 126 cm³/mol. The second-order valence-corrected chi connectivity index (χ2v) is 8.52. The molecule has 5 aromatic rings. The van der Waals surface area contributed by atoms with Crippen LogP contribution in [0.15, 0.2) is 60.8 Å². The molecule has 7 nitrogen and oxygen atoms in total. The molecule has 8 heteroatoms. The number of rotatable bonds is 5. The summed E-state index contributed by atoms with van der Waals surface area (Å²) in [6.45, 7) is 2.32. The highest BCUT2D eigenvalue weighted by Crippen LogP contribution is 2.33. The molecule has 0 spiro atoms. The summed E-state index contributed by atoms with van der Waals surface area (Å²) in [6, 6.07) is 17.5. The molecule has 0 atom stereocenters. The third-order valence-corrected chi connectivity index (χ3v) is 6.39. The fourth-order valence-electron chi connectivity index (χ4n) is 3.71. The number of methoxy groups -OCH3 is 1. The van der Waals surface area contributed by atoms with Gasteiger partial charge in [0.1, 0.15) is 5.75 Å². The summed E-state index contributed by atoms with van der Waals surface area (Å²) >= 11 is 1.47. The van der Waals surface area contributed by atoms with Gasteiger partial charge in [0, 0.05) is 18.6 Å². The Hall–Kier alpha value is -3.78. The number of carbonyl (C=O) groups excluding carboxylic acids is 1. The quantitative estimate of drug-likeness (QED) is 0.392. The minimum absolute atomic E-state index is 0.155. The highest BCUT2D eigenvalue weighted by atomic mass is 32.1. The summed E-state index contributed by atoms with van der Waals surface area (Å²) in [6.07, 6.45) is 1.61. The number of aryl methyl sites for hydroxylation is 2. The van der Waals surface area contributed by atoms with Gasteiger partial charge in [-0.25, -0.2) is 9.97 Å². The first kappa shape index (κ1) is 20.1. The Morgan fingerprint density at radius 3 is 2.75 bits per heavy atom. The van der Waals surface area contributed by atoms with Crippen LogP contribution in [0.4, 0.5) is 5.13 Å². The van der Waals surface area contributed by atoms with Gasteiger partial charge in [-0.2, -0.15) is 5.10 Å². The van der Waals surface area contributed by atoms with Crippen LogP contribution < -0.4 is 9.64 Å². The number of pyridine rings is 1. The number of nitrogens with zero attached hydrogens (tertiary/aromatic N) is 5. The van der Waals surface area contributed by atoms with Gasteiger partial charge in [-0.3, -0.25) is 14.4 Å². The van der Waals surface area contributed by atoms with Crippen LogP contribution >= 0.6 is 11.3 Å². The molecule has 0 unspecified atom stereocenters. The number of hydrogen-bond acceptors (Lipinski definition) is 6. The van der Waals surface area contributed by atoms with E-state index in [4.69, 9.17) is 9.72 Å². The van der Waals surface area contributed by atoms with E-state index in [1.54, 1.807) is 22.9 Å². The highest BCUT2D eigenvalue weighted by molar-refractivity contribution is 7.22. The number of thiazole rings is 1. The maximum Gasteiger partial charge on any atom is 0.261 e. The molecule has 0 fully saturated rings. The fourth-order valence-corrected chi connectivity index (χ4v) is 4.70. The van der Waals surface area contributed by atoms with Gasteiger partial charge in [-0.1, -0.05) is 41.7 Å². The SMILES string of the molecule is COc1ccc2nc(N(Cc3ccccc3)C(=O)c3cnc4c(c3)c(C)nn4C)sc2c1. The first-order valence-electron chi connectivity index (χ1n) is 10.1. The molecule has 32 heavy (non-hydrogen) atoms. The zero-order chi connectivity index (χ0) is 22.2. The van der Waals surface area contributed by atoms with Crippen molar-refractivity contribution in [2.75, 3.05) is 12.0 Å². The Kier molecular flexibility index (Phi) is 5.07. The molecule has 160 valence electrons. The van der Waals surface area contributed by atoms with Crippen LogP contribution in [0, 0.1) is 6.92 Å². The molecule has 0 aliphatic rings. The molecule has 0 N–H and O–H groups in total. The molecule has 0 aliphatic heterocycles. The minimum Gasteiger partial charge on any atom is -0.497 e. The van der Waals surface area contributed by atoms with E-state index in [2.05, 4.69) is 10.1 Å². The maximum atomic E-state index is 13.7. The second-order valence-electron chi connectivity index (χ2n) is 7.51. The van der Waals surface area contributed by atoms with E-state index in [0.717, 1.165) is 38.3 Å². The largest absolute Gasteiger partial charge is 0.497 e. The summed E-state index contributed by atoms with van der Waals surface area (Å²) in [7, 11) is 3.48. The molecule has 1 amide bonds. The van der Waals surface area contributed by atoms with E-state index < -0.39 is 0 Å². The van der Waals surface area contributed by atoms with Crippen molar-refractivity contribution in [1.29, 1.82) is 0 Å². The first-order valence-corrected chi connectivity index (χ1v) is 10.9. The van der Waals surface area contributed by atoms with Gasteiger partial charge in [-0.15, -0.1) is 0 Å². The summed E-state index contributed by atoms with van der Waals surface area (Å²) in [5, 5.41) is 5.91. The van der Waals surface area contributed by atoms with Crippen molar-refractivity contribution in [2.24, 2.45) is 7.05 Å². The Morgan fingerprint density at radius 1 is 1.16 bits per heavy atom. The second kappa shape index (κ2) is 8.05. The molecule has 0 aliphatic carbocycles. The summed E-state index contributed by atoms with van der Waals surface area (Å²) < 4.78 is 8.02. The molecular weight excluding hydrogens is 422 g/mol. The first-order chi connectivity index (χ1) is 15.5. The lowest BCUT2D eigenvalue weighted by atomic mass is 10.1. The third kappa shape index (κ3) is 3.58. The van der Waals surface area contributed by atoms with Gasteiger partial charge in [0.15, 0.2) is 10.8 Å². The van der Waals surface area contributed by atoms with Crippen molar-refractivity contribution in [3.05, 3.63) is 77.6 Å². The smallest absolute Gasteiger partial charge is 0.261 e. The van der Waals surface area contributed by atoms with E-state index in [1.807, 2.05) is 68.6 Å². The van der Waals surface area contributed by atoms with Crippen LogP contribution in [0.25, 0.3) is 21.3 Å². The number of anilines is 1. The number of ether oxygens (including phenoxy) is 1. The molecular formula is C24H21N5O2S. The lowest BCUT2D eigenvalue weighted by Crippen LogP contribution is -2.30. The van der Waals surface area contributed by atoms with E-state index in [-0.39, 0.29) is 5.91 Å². The van der Waals surface area contributed by atoms with Crippen molar-refractivity contribution in [2.45, 2.75) is 13.5 Å². The minimum atomic E-state index is -0.155. The average molecular weight is 444 g/mol. The summed E-state index contributed by atoms with van der Waals surface area (Å²) in [5.74, 6) is 0.605. The topological polar surface area (TPSA) is 73.1 Å². The standard InChI is InChI=1S/C24H21N5O2S/c1-15-19-11-17(13-25-22(19)28(2)27-15)23(30)29(14-16-7-5-4-6-8-16)24-26-20-10-9-18(31-3)12-21(20)32-24/h4-13H,14H2,1-3H3. The molecule has 0 bridgehead atoms. The van der Waals surface area contributed by atoms with Gasteiger partial charge < -0.3 is 4.74 Å². The zero-order valence-electron chi connectivity index (χ0n) is 17.9. The van der Waals surface area contributed by atoms with Crippen molar-refractivity contribution in [1.82, 2.24) is 19.7 Å².